The van der Waals surface area contributed by atoms with Crippen molar-refractivity contribution in [2.45, 2.75) is 27.3 Å². The van der Waals surface area contributed by atoms with Gasteiger partial charge >= 0.3 is 0 Å². The van der Waals surface area contributed by atoms with Crippen molar-refractivity contribution in [3.63, 3.8) is 0 Å². The molecule has 0 spiro atoms. The van der Waals surface area contributed by atoms with Crippen molar-refractivity contribution in [2.75, 3.05) is 40.4 Å². The molecule has 1 aliphatic rings. The van der Waals surface area contributed by atoms with Crippen LogP contribution in [0.15, 0.2) is 40.8 Å². The lowest BCUT2D eigenvalue weighted by molar-refractivity contribution is 0.0623. The molecule has 7 heteroatoms. The summed E-state index contributed by atoms with van der Waals surface area (Å²) in [7, 11) is 3.27. The molecule has 4 rings (SSSR count). The fraction of sp³-hybridized carbons (Fsp3) is 0.385. The van der Waals surface area contributed by atoms with Crippen LogP contribution in [-0.4, -0.2) is 61.1 Å². The van der Waals surface area contributed by atoms with Crippen molar-refractivity contribution in [3.05, 3.63) is 64.5 Å². The molecular formula is C26H31N3O4. The van der Waals surface area contributed by atoms with Gasteiger partial charge in [0.25, 0.3) is 5.91 Å². The van der Waals surface area contributed by atoms with Crippen molar-refractivity contribution in [2.24, 2.45) is 0 Å². The van der Waals surface area contributed by atoms with Gasteiger partial charge in [0.15, 0.2) is 0 Å². The maximum absolute atomic E-state index is 13.0. The maximum atomic E-state index is 13.0. The first-order chi connectivity index (χ1) is 15.9. The van der Waals surface area contributed by atoms with Crippen LogP contribution in [0.4, 0.5) is 0 Å². The summed E-state index contributed by atoms with van der Waals surface area (Å²) in [4.78, 5) is 22.0. The second kappa shape index (κ2) is 9.67. The molecule has 1 saturated heterocycles. The van der Waals surface area contributed by atoms with Gasteiger partial charge in [-0.2, -0.15) is 0 Å². The van der Waals surface area contributed by atoms with Crippen molar-refractivity contribution in [1.29, 1.82) is 0 Å². The van der Waals surface area contributed by atoms with Crippen molar-refractivity contribution < 1.29 is 18.7 Å². The first-order valence-electron chi connectivity index (χ1n) is 11.2. The average molecular weight is 450 g/mol. The molecule has 33 heavy (non-hydrogen) atoms. The minimum Gasteiger partial charge on any atom is -0.496 e. The number of aryl methyl sites for hydroxylation is 1. The van der Waals surface area contributed by atoms with Gasteiger partial charge in [0, 0.05) is 38.3 Å². The predicted molar refractivity (Wildman–Crippen MR) is 127 cm³/mol. The number of ether oxygens (including phenoxy) is 2. The molecule has 2 heterocycles. The molecule has 1 aliphatic heterocycles. The van der Waals surface area contributed by atoms with Crippen LogP contribution in [0.1, 0.15) is 32.9 Å². The average Bonchev–Trinajstić information content (AvgIpc) is 3.20. The Morgan fingerprint density at radius 1 is 0.939 bits per heavy atom. The van der Waals surface area contributed by atoms with Crippen LogP contribution in [0, 0.1) is 20.8 Å². The zero-order valence-electron chi connectivity index (χ0n) is 20.0. The molecule has 0 radical (unpaired) electrons. The minimum absolute atomic E-state index is 0.0114. The second-order valence-electron chi connectivity index (χ2n) is 8.36. The highest BCUT2D eigenvalue weighted by atomic mass is 16.5. The lowest BCUT2D eigenvalue weighted by Crippen LogP contribution is -2.48. The third kappa shape index (κ3) is 4.59. The topological polar surface area (TPSA) is 68.0 Å². The number of nitrogens with zero attached hydrogens (tertiary/aromatic N) is 3. The standard InChI is InChI=1S/C26H31N3O4/c1-17-18(2)23(31-4)11-10-20(17)25-27-22(19(3)33-25)16-28-12-14-29(15-13-28)26(30)21-8-6-7-9-24(21)32-5/h6-11H,12-16H2,1-5H3. The van der Waals surface area contributed by atoms with E-state index in [1.54, 1.807) is 14.2 Å². The number of piperazine rings is 1. The van der Waals surface area contributed by atoms with E-state index in [0.717, 1.165) is 47.0 Å². The first kappa shape index (κ1) is 22.9. The quantitative estimate of drug-likeness (QED) is 0.561. The van der Waals surface area contributed by atoms with Crippen LogP contribution in [-0.2, 0) is 6.54 Å². The molecular weight excluding hydrogens is 418 g/mol. The molecule has 2 aromatic carbocycles. The van der Waals surface area contributed by atoms with E-state index in [9.17, 15) is 4.79 Å². The van der Waals surface area contributed by atoms with Crippen LogP contribution in [0.5, 0.6) is 11.5 Å². The summed E-state index contributed by atoms with van der Waals surface area (Å²) in [5, 5.41) is 0. The SMILES string of the molecule is COc1ccccc1C(=O)N1CCN(Cc2nc(-c3ccc(OC)c(C)c3C)oc2C)CC1. The summed E-state index contributed by atoms with van der Waals surface area (Å²) >= 11 is 0. The van der Waals surface area contributed by atoms with E-state index >= 15 is 0 Å². The number of hydrogen-bond acceptors (Lipinski definition) is 6. The van der Waals surface area contributed by atoms with Crippen molar-refractivity contribution in [3.8, 4) is 23.0 Å². The van der Waals surface area contributed by atoms with E-state index < -0.39 is 0 Å². The lowest BCUT2D eigenvalue weighted by Gasteiger charge is -2.34. The fourth-order valence-electron chi connectivity index (χ4n) is 4.25. The van der Waals surface area contributed by atoms with Crippen LogP contribution in [0.3, 0.4) is 0 Å². The lowest BCUT2D eigenvalue weighted by atomic mass is 10.0. The van der Waals surface area contributed by atoms with Crippen LogP contribution in [0.2, 0.25) is 0 Å². The van der Waals surface area contributed by atoms with E-state index in [-0.39, 0.29) is 5.91 Å². The number of hydrogen-bond donors (Lipinski definition) is 0. The molecule has 7 nitrogen and oxygen atoms in total. The summed E-state index contributed by atoms with van der Waals surface area (Å²) in [6, 6.07) is 11.3. The van der Waals surface area contributed by atoms with Crippen LogP contribution in [0.25, 0.3) is 11.5 Å². The van der Waals surface area contributed by atoms with Crippen LogP contribution < -0.4 is 9.47 Å². The zero-order chi connectivity index (χ0) is 23.5. The Morgan fingerprint density at radius 2 is 1.64 bits per heavy atom. The number of aromatic nitrogens is 1. The Hall–Kier alpha value is -3.32. The smallest absolute Gasteiger partial charge is 0.257 e. The normalized spacial score (nSPS) is 14.4. The summed E-state index contributed by atoms with van der Waals surface area (Å²) in [5.74, 6) is 2.94. The fourth-order valence-corrected chi connectivity index (χ4v) is 4.25. The monoisotopic (exact) mass is 449 g/mol. The summed E-state index contributed by atoms with van der Waals surface area (Å²) in [6.45, 7) is 9.64. The van der Waals surface area contributed by atoms with Crippen molar-refractivity contribution >= 4 is 5.91 Å². The molecule has 1 fully saturated rings. The number of para-hydroxylation sites is 1. The molecule has 0 N–H and O–H groups in total. The maximum Gasteiger partial charge on any atom is 0.257 e. The Bertz CT molecular complexity index is 1150. The Kier molecular flexibility index (Phi) is 6.70. The van der Waals surface area contributed by atoms with Gasteiger partial charge in [-0.1, -0.05) is 12.1 Å². The molecule has 1 amide bonds. The highest BCUT2D eigenvalue weighted by molar-refractivity contribution is 5.97. The third-order valence-electron chi connectivity index (χ3n) is 6.45. The molecule has 0 saturated carbocycles. The van der Waals surface area contributed by atoms with E-state index in [0.29, 0.717) is 36.8 Å². The Morgan fingerprint density at radius 3 is 2.33 bits per heavy atom. The molecule has 0 atom stereocenters. The number of rotatable bonds is 6. The number of amides is 1. The molecule has 3 aromatic rings. The van der Waals surface area contributed by atoms with Gasteiger partial charge in [0.1, 0.15) is 17.3 Å². The minimum atomic E-state index is 0.0114. The molecule has 0 unspecified atom stereocenters. The van der Waals surface area contributed by atoms with E-state index in [1.165, 1.54) is 0 Å². The molecule has 1 aromatic heterocycles. The summed E-state index contributed by atoms with van der Waals surface area (Å²) in [6.07, 6.45) is 0. The number of carbonyl (C=O) groups is 1. The number of methoxy groups -OCH3 is 2. The number of carbonyl (C=O) groups excluding carboxylic acids is 1. The predicted octanol–water partition coefficient (Wildman–Crippen LogP) is 4.24. The first-order valence-corrected chi connectivity index (χ1v) is 11.2. The van der Waals surface area contributed by atoms with Gasteiger partial charge in [0.05, 0.1) is 25.5 Å². The highest BCUT2D eigenvalue weighted by Crippen LogP contribution is 2.32. The van der Waals surface area contributed by atoms with E-state index in [2.05, 4.69) is 11.8 Å². The van der Waals surface area contributed by atoms with Crippen molar-refractivity contribution in [1.82, 2.24) is 14.8 Å². The van der Waals surface area contributed by atoms with E-state index in [4.69, 9.17) is 18.9 Å². The van der Waals surface area contributed by atoms with Gasteiger partial charge in [-0.25, -0.2) is 4.98 Å². The van der Waals surface area contributed by atoms with Crippen LogP contribution >= 0.6 is 0 Å². The zero-order valence-corrected chi connectivity index (χ0v) is 20.0. The largest absolute Gasteiger partial charge is 0.496 e. The number of oxazole rings is 1. The van der Waals surface area contributed by atoms with Gasteiger partial charge in [-0.15, -0.1) is 0 Å². The summed E-state index contributed by atoms with van der Waals surface area (Å²) in [5.41, 5.74) is 4.71. The molecule has 174 valence electrons. The van der Waals surface area contributed by atoms with Gasteiger partial charge in [-0.05, 0) is 56.2 Å². The highest BCUT2D eigenvalue weighted by Gasteiger charge is 2.25. The molecule has 0 aliphatic carbocycles. The summed E-state index contributed by atoms with van der Waals surface area (Å²) < 4.78 is 16.8. The second-order valence-corrected chi connectivity index (χ2v) is 8.36. The van der Waals surface area contributed by atoms with Gasteiger partial charge in [0.2, 0.25) is 5.89 Å². The van der Waals surface area contributed by atoms with Gasteiger partial charge in [-0.3, -0.25) is 9.69 Å². The Labute approximate surface area is 194 Å². The van der Waals surface area contributed by atoms with E-state index in [1.807, 2.05) is 55.1 Å². The number of benzene rings is 2. The Balaban J connectivity index is 1.42. The molecule has 0 bridgehead atoms. The third-order valence-corrected chi connectivity index (χ3v) is 6.45. The van der Waals surface area contributed by atoms with Gasteiger partial charge < -0.3 is 18.8 Å².